The molecule has 0 N–H and O–H groups in total. The van der Waals surface area contributed by atoms with Crippen LogP contribution in [0, 0.1) is 5.82 Å². The molecule has 100 valence electrons. The summed E-state index contributed by atoms with van der Waals surface area (Å²) in [5, 5.41) is 0. The highest BCUT2D eigenvalue weighted by Crippen LogP contribution is 2.45. The van der Waals surface area contributed by atoms with Gasteiger partial charge in [-0.15, -0.1) is 0 Å². The molecular weight excluding hydrogens is 262 g/mol. The highest BCUT2D eigenvalue weighted by molar-refractivity contribution is 7.54. The van der Waals surface area contributed by atoms with Crippen LogP contribution in [0.2, 0.25) is 0 Å². The summed E-state index contributed by atoms with van der Waals surface area (Å²) >= 11 is 0. The molecule has 0 unspecified atom stereocenters. The summed E-state index contributed by atoms with van der Waals surface area (Å²) in [4.78, 5) is 11.5. The van der Waals surface area contributed by atoms with Gasteiger partial charge in [-0.05, 0) is 24.3 Å². The fraction of sp³-hybridized carbons (Fsp3) is 0.364. The van der Waals surface area contributed by atoms with E-state index >= 15 is 0 Å². The maximum atomic E-state index is 12.6. The third-order valence-electron chi connectivity index (χ3n) is 2.14. The van der Waals surface area contributed by atoms with Gasteiger partial charge in [-0.25, -0.2) is 4.39 Å². The van der Waals surface area contributed by atoms with Crippen LogP contribution in [0.3, 0.4) is 0 Å². The fourth-order valence-electron chi connectivity index (χ4n) is 1.16. The third kappa shape index (κ3) is 4.56. The SMILES string of the molecule is COP(=O)(CC(=O)COc1ccc(F)cc1)OC. The number of carbonyl (C=O) groups is 1. The molecule has 0 aliphatic heterocycles. The molecule has 0 aliphatic carbocycles. The van der Waals surface area contributed by atoms with E-state index in [2.05, 4.69) is 9.05 Å². The molecule has 7 heteroatoms. The van der Waals surface area contributed by atoms with Crippen molar-refractivity contribution >= 4 is 13.4 Å². The molecule has 5 nitrogen and oxygen atoms in total. The van der Waals surface area contributed by atoms with Crippen molar-refractivity contribution in [2.45, 2.75) is 0 Å². The van der Waals surface area contributed by atoms with Gasteiger partial charge < -0.3 is 13.8 Å². The van der Waals surface area contributed by atoms with E-state index in [0.29, 0.717) is 5.75 Å². The second kappa shape index (κ2) is 6.64. The molecule has 0 radical (unpaired) electrons. The minimum absolute atomic E-state index is 0.275. The summed E-state index contributed by atoms with van der Waals surface area (Å²) < 4.78 is 38.6. The van der Waals surface area contributed by atoms with Gasteiger partial charge in [-0.3, -0.25) is 9.36 Å². The minimum Gasteiger partial charge on any atom is -0.486 e. The zero-order chi connectivity index (χ0) is 13.6. The number of benzene rings is 1. The first-order valence-electron chi connectivity index (χ1n) is 5.09. The van der Waals surface area contributed by atoms with Crippen molar-refractivity contribution in [3.8, 4) is 5.75 Å². The zero-order valence-electron chi connectivity index (χ0n) is 10.1. The summed E-state index contributed by atoms with van der Waals surface area (Å²) in [6.45, 7) is -0.275. The Morgan fingerprint density at radius 3 is 2.28 bits per heavy atom. The van der Waals surface area contributed by atoms with Crippen molar-refractivity contribution in [3.05, 3.63) is 30.1 Å². The topological polar surface area (TPSA) is 61.8 Å². The van der Waals surface area contributed by atoms with Gasteiger partial charge >= 0.3 is 7.60 Å². The lowest BCUT2D eigenvalue weighted by molar-refractivity contribution is -0.118. The van der Waals surface area contributed by atoms with Gasteiger partial charge in [-0.1, -0.05) is 0 Å². The predicted octanol–water partition coefficient (Wildman–Crippen LogP) is 2.26. The minimum atomic E-state index is -3.36. The number of ketones is 1. The van der Waals surface area contributed by atoms with Crippen molar-refractivity contribution in [1.29, 1.82) is 0 Å². The maximum Gasteiger partial charge on any atom is 0.337 e. The van der Waals surface area contributed by atoms with Crippen LogP contribution in [0.4, 0.5) is 4.39 Å². The van der Waals surface area contributed by atoms with Crippen LogP contribution in [0.25, 0.3) is 0 Å². The summed E-state index contributed by atoms with van der Waals surface area (Å²) in [5.74, 6) is -0.460. The molecule has 18 heavy (non-hydrogen) atoms. The molecule has 0 bridgehead atoms. The second-order valence-electron chi connectivity index (χ2n) is 3.42. The summed E-state index contributed by atoms with van der Waals surface area (Å²) in [5.41, 5.74) is 0. The van der Waals surface area contributed by atoms with Gasteiger partial charge in [-0.2, -0.15) is 0 Å². The monoisotopic (exact) mass is 276 g/mol. The molecule has 1 aromatic carbocycles. The van der Waals surface area contributed by atoms with Crippen molar-refractivity contribution in [2.24, 2.45) is 0 Å². The van der Waals surface area contributed by atoms with E-state index in [4.69, 9.17) is 4.74 Å². The van der Waals surface area contributed by atoms with E-state index in [0.717, 1.165) is 0 Å². The Balaban J connectivity index is 2.46. The first-order chi connectivity index (χ1) is 8.49. The number of ether oxygens (including phenoxy) is 1. The molecular formula is C11H14FO5P. The highest BCUT2D eigenvalue weighted by Gasteiger charge is 2.25. The Labute approximate surface area is 104 Å². The van der Waals surface area contributed by atoms with E-state index in [9.17, 15) is 13.8 Å². The lowest BCUT2D eigenvalue weighted by Gasteiger charge is -2.12. The molecule has 0 aromatic heterocycles. The zero-order valence-corrected chi connectivity index (χ0v) is 11.0. The first-order valence-corrected chi connectivity index (χ1v) is 6.82. The van der Waals surface area contributed by atoms with Crippen LogP contribution in [0.1, 0.15) is 0 Å². The molecule has 0 heterocycles. The fourth-order valence-corrected chi connectivity index (χ4v) is 2.09. The number of hydrogen-bond donors (Lipinski definition) is 0. The van der Waals surface area contributed by atoms with Gasteiger partial charge in [0.1, 0.15) is 24.3 Å². The Kier molecular flexibility index (Phi) is 5.47. The van der Waals surface area contributed by atoms with E-state index in [1.165, 1.54) is 38.5 Å². The molecule has 0 fully saturated rings. The number of carbonyl (C=O) groups excluding carboxylic acids is 1. The van der Waals surface area contributed by atoms with Crippen LogP contribution in [-0.2, 0) is 18.4 Å². The van der Waals surface area contributed by atoms with E-state index in [1.807, 2.05) is 0 Å². The molecule has 0 aliphatic rings. The quantitative estimate of drug-likeness (QED) is 0.715. The van der Waals surface area contributed by atoms with Crippen molar-refractivity contribution < 1.29 is 27.5 Å². The third-order valence-corrected chi connectivity index (χ3v) is 3.99. The van der Waals surface area contributed by atoms with E-state index in [1.54, 1.807) is 0 Å². The molecule has 0 amide bonds. The summed E-state index contributed by atoms with van der Waals surface area (Å²) in [6.07, 6.45) is -0.360. The standard InChI is InChI=1S/C11H14FO5P/c1-15-18(14,16-2)8-10(13)7-17-11-5-3-9(12)4-6-11/h3-6H,7-8H2,1-2H3. The Bertz CT molecular complexity index is 437. The Morgan fingerprint density at radius 1 is 1.22 bits per heavy atom. The number of Topliss-reactive ketones (excluding diaryl/α,β-unsaturated/α-hetero) is 1. The van der Waals surface area contributed by atoms with Gasteiger partial charge in [0.2, 0.25) is 0 Å². The van der Waals surface area contributed by atoms with Gasteiger partial charge in [0.05, 0.1) is 0 Å². The molecule has 0 atom stereocenters. The number of halogens is 1. The average molecular weight is 276 g/mol. The molecule has 0 spiro atoms. The van der Waals surface area contributed by atoms with Gasteiger partial charge in [0.15, 0.2) is 5.78 Å². The lowest BCUT2D eigenvalue weighted by atomic mass is 10.3. The highest BCUT2D eigenvalue weighted by atomic mass is 31.2. The van der Waals surface area contributed by atoms with Gasteiger partial charge in [0, 0.05) is 14.2 Å². The normalized spacial score (nSPS) is 11.3. The van der Waals surface area contributed by atoms with Gasteiger partial charge in [0.25, 0.3) is 0 Å². The predicted molar refractivity (Wildman–Crippen MR) is 63.4 cm³/mol. The van der Waals surface area contributed by atoms with Crippen molar-refractivity contribution in [2.75, 3.05) is 27.0 Å². The van der Waals surface area contributed by atoms with Crippen LogP contribution in [0.5, 0.6) is 5.75 Å². The Morgan fingerprint density at radius 2 is 1.78 bits per heavy atom. The van der Waals surface area contributed by atoms with Crippen molar-refractivity contribution in [3.63, 3.8) is 0 Å². The Hall–Kier alpha value is -1.23. The first kappa shape index (κ1) is 14.8. The molecule has 0 saturated heterocycles. The van der Waals surface area contributed by atoms with E-state index < -0.39 is 19.2 Å². The average Bonchev–Trinajstić information content (AvgIpc) is 2.38. The van der Waals surface area contributed by atoms with Crippen LogP contribution in [-0.4, -0.2) is 32.8 Å². The largest absolute Gasteiger partial charge is 0.486 e. The summed E-state index contributed by atoms with van der Waals surface area (Å²) in [6, 6.07) is 5.23. The van der Waals surface area contributed by atoms with Crippen LogP contribution < -0.4 is 4.74 Å². The smallest absolute Gasteiger partial charge is 0.337 e. The maximum absolute atomic E-state index is 12.6. The lowest BCUT2D eigenvalue weighted by Crippen LogP contribution is -2.16. The summed E-state index contributed by atoms with van der Waals surface area (Å²) in [7, 11) is -0.942. The van der Waals surface area contributed by atoms with Crippen LogP contribution in [0.15, 0.2) is 24.3 Å². The van der Waals surface area contributed by atoms with Crippen molar-refractivity contribution in [1.82, 2.24) is 0 Å². The number of rotatable bonds is 7. The van der Waals surface area contributed by atoms with Crippen LogP contribution >= 0.6 is 7.60 Å². The van der Waals surface area contributed by atoms with E-state index in [-0.39, 0.29) is 12.8 Å². The molecule has 1 rings (SSSR count). The number of hydrogen-bond acceptors (Lipinski definition) is 5. The molecule has 0 saturated carbocycles. The second-order valence-corrected chi connectivity index (χ2v) is 5.68. The molecule has 1 aromatic rings.